The Morgan fingerprint density at radius 3 is 1.95 bits per heavy atom. The molecular formula is C15H27N2O5. The van der Waals surface area contributed by atoms with Gasteiger partial charge in [0.05, 0.1) is 6.54 Å². The van der Waals surface area contributed by atoms with Crippen LogP contribution in [0.15, 0.2) is 0 Å². The van der Waals surface area contributed by atoms with Crippen LogP contribution in [-0.2, 0) is 19.1 Å². The first kappa shape index (κ1) is 20.2. The van der Waals surface area contributed by atoms with E-state index >= 15 is 0 Å². The first-order valence-corrected chi connectivity index (χ1v) is 7.13. The molecule has 7 nitrogen and oxygen atoms in total. The van der Waals surface area contributed by atoms with E-state index < -0.39 is 35.2 Å². The number of carbonyl (C=O) groups excluding carboxylic acids is 3. The highest BCUT2D eigenvalue weighted by Crippen LogP contribution is 2.08. The van der Waals surface area contributed by atoms with Gasteiger partial charge in [0.25, 0.3) is 0 Å². The van der Waals surface area contributed by atoms with Crippen LogP contribution in [0.3, 0.4) is 0 Å². The molecule has 0 aromatic rings. The zero-order valence-corrected chi connectivity index (χ0v) is 14.4. The van der Waals surface area contributed by atoms with Gasteiger partial charge in [0.2, 0.25) is 5.91 Å². The SMILES string of the molecule is CC(NC(=O)C[CH]NC(=O)OC(C)(C)C)C(=O)OC(C)(C)C. The fourth-order valence-corrected chi connectivity index (χ4v) is 1.28. The van der Waals surface area contributed by atoms with Gasteiger partial charge in [-0.1, -0.05) is 0 Å². The number of carbonyl (C=O) groups is 3. The predicted octanol–water partition coefficient (Wildman–Crippen LogP) is 1.91. The Kier molecular flexibility index (Phi) is 7.35. The Morgan fingerprint density at radius 1 is 1.00 bits per heavy atom. The van der Waals surface area contributed by atoms with E-state index in [4.69, 9.17) is 9.47 Å². The molecule has 1 radical (unpaired) electrons. The third-order valence-corrected chi connectivity index (χ3v) is 2.04. The molecule has 0 bridgehead atoms. The quantitative estimate of drug-likeness (QED) is 0.756. The van der Waals surface area contributed by atoms with E-state index in [0.717, 1.165) is 0 Å². The largest absolute Gasteiger partial charge is 0.458 e. The van der Waals surface area contributed by atoms with Crippen molar-refractivity contribution in [1.29, 1.82) is 0 Å². The lowest BCUT2D eigenvalue weighted by Crippen LogP contribution is -2.42. The second-order valence-corrected chi connectivity index (χ2v) is 6.88. The summed E-state index contributed by atoms with van der Waals surface area (Å²) in [5.74, 6) is -0.921. The molecular weight excluding hydrogens is 288 g/mol. The normalized spacial score (nSPS) is 13.0. The molecule has 0 aliphatic carbocycles. The van der Waals surface area contributed by atoms with Crippen molar-refractivity contribution in [3.8, 4) is 0 Å². The van der Waals surface area contributed by atoms with Crippen LogP contribution >= 0.6 is 0 Å². The van der Waals surface area contributed by atoms with Crippen LogP contribution in [-0.4, -0.2) is 35.2 Å². The number of amides is 2. The van der Waals surface area contributed by atoms with E-state index in [-0.39, 0.29) is 6.42 Å². The highest BCUT2D eigenvalue weighted by Gasteiger charge is 2.23. The molecule has 0 heterocycles. The fourth-order valence-electron chi connectivity index (χ4n) is 1.28. The Labute approximate surface area is 132 Å². The van der Waals surface area contributed by atoms with E-state index in [0.29, 0.717) is 0 Å². The smallest absolute Gasteiger partial charge is 0.407 e. The van der Waals surface area contributed by atoms with E-state index in [1.54, 1.807) is 41.5 Å². The molecule has 127 valence electrons. The Morgan fingerprint density at radius 2 is 1.50 bits per heavy atom. The number of rotatable bonds is 5. The minimum absolute atomic E-state index is 0.0770. The van der Waals surface area contributed by atoms with Gasteiger partial charge in [0, 0.05) is 6.42 Å². The molecule has 2 N–H and O–H groups in total. The molecule has 22 heavy (non-hydrogen) atoms. The molecule has 0 rings (SSSR count). The van der Waals surface area contributed by atoms with Gasteiger partial charge in [0.1, 0.15) is 17.2 Å². The number of hydrogen-bond acceptors (Lipinski definition) is 5. The number of nitrogens with one attached hydrogen (secondary N) is 2. The third kappa shape index (κ3) is 10.9. The van der Waals surface area contributed by atoms with Crippen LogP contribution < -0.4 is 10.6 Å². The summed E-state index contributed by atoms with van der Waals surface area (Å²) in [6.45, 7) is 13.3. The van der Waals surface area contributed by atoms with Crippen LogP contribution in [0.2, 0.25) is 0 Å². The summed E-state index contributed by atoms with van der Waals surface area (Å²) in [6, 6.07) is -0.762. The van der Waals surface area contributed by atoms with E-state index in [2.05, 4.69) is 10.6 Å². The topological polar surface area (TPSA) is 93.7 Å². The molecule has 2 amide bonds. The zero-order valence-electron chi connectivity index (χ0n) is 14.4. The Balaban J connectivity index is 4.04. The van der Waals surface area contributed by atoms with Gasteiger partial charge in [-0.15, -0.1) is 0 Å². The van der Waals surface area contributed by atoms with Gasteiger partial charge in [-0.05, 0) is 48.5 Å². The molecule has 0 fully saturated rings. The zero-order chi connectivity index (χ0) is 17.6. The first-order chi connectivity index (χ1) is 9.80. The lowest BCUT2D eigenvalue weighted by atomic mass is 10.2. The summed E-state index contributed by atoms with van der Waals surface area (Å²) in [5.41, 5.74) is -1.22. The van der Waals surface area contributed by atoms with Crippen LogP contribution in [0.1, 0.15) is 54.9 Å². The molecule has 1 atom stereocenters. The molecule has 0 aliphatic heterocycles. The molecule has 0 aromatic carbocycles. The van der Waals surface area contributed by atoms with Gasteiger partial charge < -0.3 is 20.1 Å². The minimum atomic E-state index is -0.762. The van der Waals surface area contributed by atoms with Gasteiger partial charge >= 0.3 is 12.1 Å². The molecule has 0 aromatic heterocycles. The number of ether oxygens (including phenoxy) is 2. The van der Waals surface area contributed by atoms with Crippen molar-refractivity contribution in [2.45, 2.75) is 72.1 Å². The van der Waals surface area contributed by atoms with Gasteiger partial charge in [-0.25, -0.2) is 9.59 Å². The van der Waals surface area contributed by atoms with Crippen LogP contribution in [0.5, 0.6) is 0 Å². The second-order valence-electron chi connectivity index (χ2n) is 6.88. The van der Waals surface area contributed by atoms with Gasteiger partial charge in [0.15, 0.2) is 0 Å². The van der Waals surface area contributed by atoms with Crippen molar-refractivity contribution >= 4 is 18.0 Å². The summed E-state index contributed by atoms with van der Waals surface area (Å²) in [6.07, 6.45) is -0.715. The molecule has 0 saturated carbocycles. The monoisotopic (exact) mass is 315 g/mol. The minimum Gasteiger partial charge on any atom is -0.458 e. The van der Waals surface area contributed by atoms with E-state index in [9.17, 15) is 14.4 Å². The van der Waals surface area contributed by atoms with Crippen molar-refractivity contribution in [2.24, 2.45) is 0 Å². The summed E-state index contributed by atoms with van der Waals surface area (Å²) in [4.78, 5) is 34.7. The highest BCUT2D eigenvalue weighted by atomic mass is 16.6. The van der Waals surface area contributed by atoms with Crippen LogP contribution in [0.25, 0.3) is 0 Å². The summed E-state index contributed by atoms with van der Waals surface area (Å²) >= 11 is 0. The molecule has 0 spiro atoms. The summed E-state index contributed by atoms with van der Waals surface area (Å²) in [7, 11) is 0. The maximum absolute atomic E-state index is 11.7. The first-order valence-electron chi connectivity index (χ1n) is 7.13. The van der Waals surface area contributed by atoms with Crippen molar-refractivity contribution in [2.75, 3.05) is 0 Å². The van der Waals surface area contributed by atoms with Crippen LogP contribution in [0, 0.1) is 6.54 Å². The molecule has 7 heteroatoms. The number of hydrogen-bond donors (Lipinski definition) is 2. The summed E-state index contributed by atoms with van der Waals surface area (Å²) < 4.78 is 10.2. The summed E-state index contributed by atoms with van der Waals surface area (Å²) in [5, 5.41) is 4.84. The van der Waals surface area contributed by atoms with Crippen molar-refractivity contribution in [1.82, 2.24) is 10.6 Å². The highest BCUT2D eigenvalue weighted by molar-refractivity contribution is 5.85. The lowest BCUT2D eigenvalue weighted by Gasteiger charge is -2.22. The van der Waals surface area contributed by atoms with Crippen molar-refractivity contribution < 1.29 is 23.9 Å². The molecule has 0 aliphatic rings. The Bertz CT molecular complexity index is 407. The van der Waals surface area contributed by atoms with E-state index in [1.807, 2.05) is 0 Å². The maximum Gasteiger partial charge on any atom is 0.407 e. The lowest BCUT2D eigenvalue weighted by molar-refractivity contribution is -0.158. The average Bonchev–Trinajstić information content (AvgIpc) is 2.23. The fraction of sp³-hybridized carbons (Fsp3) is 0.733. The van der Waals surface area contributed by atoms with Crippen LogP contribution in [0.4, 0.5) is 4.79 Å². The number of esters is 1. The van der Waals surface area contributed by atoms with Gasteiger partial charge in [-0.2, -0.15) is 0 Å². The average molecular weight is 315 g/mol. The standard InChI is InChI=1S/C15H27N2O5/c1-10(12(19)21-14(2,3)4)17-11(18)8-9-16-13(20)22-15(5,6)7/h9-10H,8H2,1-7H3,(H,16,20)(H,17,18). The second kappa shape index (κ2) is 8.00. The van der Waals surface area contributed by atoms with E-state index in [1.165, 1.54) is 13.5 Å². The Hall–Kier alpha value is -1.79. The van der Waals surface area contributed by atoms with Crippen molar-refractivity contribution in [3.05, 3.63) is 6.54 Å². The predicted molar refractivity (Wildman–Crippen MR) is 81.7 cm³/mol. The maximum atomic E-state index is 11.7. The molecule has 1 unspecified atom stereocenters. The third-order valence-electron chi connectivity index (χ3n) is 2.04. The molecule has 0 saturated heterocycles. The van der Waals surface area contributed by atoms with Crippen molar-refractivity contribution in [3.63, 3.8) is 0 Å². The number of alkyl carbamates (subject to hydrolysis) is 1. The van der Waals surface area contributed by atoms with Gasteiger partial charge in [-0.3, -0.25) is 4.79 Å².